The van der Waals surface area contributed by atoms with Crippen LogP contribution >= 0.6 is 11.3 Å². The maximum absolute atomic E-state index is 4.45. The Kier molecular flexibility index (Phi) is 3.47. The van der Waals surface area contributed by atoms with Crippen LogP contribution in [0.3, 0.4) is 0 Å². The van der Waals surface area contributed by atoms with Crippen molar-refractivity contribution in [2.45, 2.75) is 20.4 Å². The molecule has 0 aliphatic rings. The van der Waals surface area contributed by atoms with Crippen molar-refractivity contribution < 1.29 is 0 Å². The average molecular weight is 285 g/mol. The fraction of sp³-hybridized carbons (Fsp3) is 0.214. The highest BCUT2D eigenvalue weighted by atomic mass is 32.1. The van der Waals surface area contributed by atoms with Crippen LogP contribution in [0, 0.1) is 13.8 Å². The molecule has 1 N–H and O–H groups in total. The summed E-state index contributed by atoms with van der Waals surface area (Å²) in [5, 5.41) is 12.4. The second kappa shape index (κ2) is 5.42. The van der Waals surface area contributed by atoms with Crippen LogP contribution in [0.25, 0.3) is 5.69 Å². The van der Waals surface area contributed by atoms with Gasteiger partial charge in [-0.2, -0.15) is 0 Å². The fourth-order valence-corrected chi connectivity index (χ4v) is 2.95. The largest absolute Gasteiger partial charge is 0.378 e. The number of aromatic nitrogens is 4. The third-order valence-corrected chi connectivity index (χ3v) is 4.09. The predicted octanol–water partition coefficient (Wildman–Crippen LogP) is 2.95. The van der Waals surface area contributed by atoms with Crippen LogP contribution in [-0.4, -0.2) is 20.0 Å². The SMILES string of the molecule is Cc1nc(C)c(CNc2ccccc2-n2ccnn2)s1. The van der Waals surface area contributed by atoms with Gasteiger partial charge in [0.1, 0.15) is 0 Å². The molecule has 0 unspecified atom stereocenters. The normalized spacial score (nSPS) is 10.7. The third kappa shape index (κ3) is 2.55. The minimum absolute atomic E-state index is 0.767. The molecule has 0 saturated heterocycles. The topological polar surface area (TPSA) is 55.6 Å². The molecule has 2 heterocycles. The smallest absolute Gasteiger partial charge is 0.0900 e. The van der Waals surface area contributed by atoms with E-state index < -0.39 is 0 Å². The maximum atomic E-state index is 4.45. The molecule has 5 nitrogen and oxygen atoms in total. The number of hydrogen-bond donors (Lipinski definition) is 1. The molecule has 0 spiro atoms. The zero-order chi connectivity index (χ0) is 13.9. The van der Waals surface area contributed by atoms with Gasteiger partial charge >= 0.3 is 0 Å². The van der Waals surface area contributed by atoms with Gasteiger partial charge in [-0.25, -0.2) is 9.67 Å². The van der Waals surface area contributed by atoms with Crippen LogP contribution in [-0.2, 0) is 6.54 Å². The lowest BCUT2D eigenvalue weighted by Gasteiger charge is -2.10. The minimum atomic E-state index is 0.767. The number of anilines is 1. The van der Waals surface area contributed by atoms with Crippen molar-refractivity contribution >= 4 is 17.0 Å². The zero-order valence-electron chi connectivity index (χ0n) is 11.4. The first-order valence-corrected chi connectivity index (χ1v) is 7.18. The Morgan fingerprint density at radius 2 is 2.10 bits per heavy atom. The molecule has 102 valence electrons. The van der Waals surface area contributed by atoms with Gasteiger partial charge in [0.05, 0.1) is 41.0 Å². The van der Waals surface area contributed by atoms with Crippen molar-refractivity contribution in [3.63, 3.8) is 0 Å². The monoisotopic (exact) mass is 285 g/mol. The average Bonchev–Trinajstić information content (AvgIpc) is 3.07. The van der Waals surface area contributed by atoms with Gasteiger partial charge in [-0.15, -0.1) is 16.4 Å². The van der Waals surface area contributed by atoms with E-state index in [0.29, 0.717) is 0 Å². The summed E-state index contributed by atoms with van der Waals surface area (Å²) in [7, 11) is 0. The highest BCUT2D eigenvalue weighted by Gasteiger charge is 2.07. The minimum Gasteiger partial charge on any atom is -0.378 e. The van der Waals surface area contributed by atoms with Crippen molar-refractivity contribution in [2.75, 3.05) is 5.32 Å². The van der Waals surface area contributed by atoms with E-state index in [1.807, 2.05) is 44.3 Å². The van der Waals surface area contributed by atoms with Gasteiger partial charge in [-0.1, -0.05) is 17.3 Å². The van der Waals surface area contributed by atoms with Crippen molar-refractivity contribution in [1.82, 2.24) is 20.0 Å². The molecule has 3 aromatic rings. The van der Waals surface area contributed by atoms with Crippen LogP contribution in [0.15, 0.2) is 36.7 Å². The number of benzene rings is 1. The van der Waals surface area contributed by atoms with E-state index in [1.165, 1.54) is 4.88 Å². The summed E-state index contributed by atoms with van der Waals surface area (Å²) in [4.78, 5) is 5.71. The van der Waals surface area contributed by atoms with Crippen molar-refractivity contribution in [3.05, 3.63) is 52.2 Å². The number of nitrogens with zero attached hydrogens (tertiary/aromatic N) is 4. The Morgan fingerprint density at radius 1 is 1.25 bits per heavy atom. The van der Waals surface area contributed by atoms with Crippen molar-refractivity contribution in [1.29, 1.82) is 0 Å². The number of thiazole rings is 1. The molecule has 1 aromatic carbocycles. The van der Waals surface area contributed by atoms with E-state index in [1.54, 1.807) is 22.2 Å². The standard InChI is InChI=1S/C14H15N5S/c1-10-14(20-11(2)17-10)9-15-12-5-3-4-6-13(12)19-8-7-16-18-19/h3-8,15H,9H2,1-2H3. The highest BCUT2D eigenvalue weighted by Crippen LogP contribution is 2.22. The number of hydrogen-bond acceptors (Lipinski definition) is 5. The Labute approximate surface area is 121 Å². The molecule has 0 amide bonds. The molecule has 0 fully saturated rings. The number of nitrogens with one attached hydrogen (secondary N) is 1. The molecule has 0 radical (unpaired) electrons. The number of rotatable bonds is 4. The zero-order valence-corrected chi connectivity index (χ0v) is 12.2. The van der Waals surface area contributed by atoms with E-state index in [2.05, 4.69) is 20.6 Å². The fourth-order valence-electron chi connectivity index (χ4n) is 2.07. The Hall–Kier alpha value is -2.21. The summed E-state index contributed by atoms with van der Waals surface area (Å²) in [6.45, 7) is 4.84. The molecule has 0 saturated carbocycles. The molecule has 3 rings (SSSR count). The third-order valence-electron chi connectivity index (χ3n) is 3.01. The van der Waals surface area contributed by atoms with Gasteiger partial charge in [0.25, 0.3) is 0 Å². The van der Waals surface area contributed by atoms with E-state index in [0.717, 1.165) is 28.6 Å². The lowest BCUT2D eigenvalue weighted by molar-refractivity contribution is 0.803. The van der Waals surface area contributed by atoms with Crippen LogP contribution < -0.4 is 5.32 Å². The summed E-state index contributed by atoms with van der Waals surface area (Å²) >= 11 is 1.73. The molecular formula is C14H15N5S. The van der Waals surface area contributed by atoms with E-state index in [9.17, 15) is 0 Å². The molecule has 6 heteroatoms. The van der Waals surface area contributed by atoms with Gasteiger partial charge in [0, 0.05) is 4.88 Å². The maximum Gasteiger partial charge on any atom is 0.0900 e. The Morgan fingerprint density at radius 3 is 2.80 bits per heavy atom. The van der Waals surface area contributed by atoms with Crippen LogP contribution in [0.1, 0.15) is 15.6 Å². The molecule has 0 aliphatic heterocycles. The molecule has 0 aliphatic carbocycles. The summed E-state index contributed by atoms with van der Waals surface area (Å²) in [6.07, 6.45) is 3.51. The quantitative estimate of drug-likeness (QED) is 0.800. The summed E-state index contributed by atoms with van der Waals surface area (Å²) in [5.74, 6) is 0. The predicted molar refractivity (Wildman–Crippen MR) is 80.3 cm³/mol. The Bertz CT molecular complexity index is 702. The number of aryl methyl sites for hydroxylation is 2. The van der Waals surface area contributed by atoms with Crippen LogP contribution in [0.4, 0.5) is 5.69 Å². The Balaban J connectivity index is 1.83. The van der Waals surface area contributed by atoms with Crippen molar-refractivity contribution in [2.24, 2.45) is 0 Å². The second-order valence-corrected chi connectivity index (χ2v) is 5.75. The van der Waals surface area contributed by atoms with Gasteiger partial charge in [-0.3, -0.25) is 0 Å². The van der Waals surface area contributed by atoms with Gasteiger partial charge in [0.15, 0.2) is 0 Å². The van der Waals surface area contributed by atoms with E-state index >= 15 is 0 Å². The van der Waals surface area contributed by atoms with Gasteiger partial charge in [0.2, 0.25) is 0 Å². The lowest BCUT2D eigenvalue weighted by atomic mass is 10.2. The summed E-state index contributed by atoms with van der Waals surface area (Å²) in [6, 6.07) is 8.06. The lowest BCUT2D eigenvalue weighted by Crippen LogP contribution is -2.04. The second-order valence-electron chi connectivity index (χ2n) is 4.46. The van der Waals surface area contributed by atoms with E-state index in [-0.39, 0.29) is 0 Å². The van der Waals surface area contributed by atoms with Gasteiger partial charge < -0.3 is 5.32 Å². The molecule has 0 bridgehead atoms. The molecule has 20 heavy (non-hydrogen) atoms. The molecule has 2 aromatic heterocycles. The molecular weight excluding hydrogens is 270 g/mol. The van der Waals surface area contributed by atoms with Crippen LogP contribution in [0.2, 0.25) is 0 Å². The van der Waals surface area contributed by atoms with E-state index in [4.69, 9.17) is 0 Å². The summed E-state index contributed by atoms with van der Waals surface area (Å²) < 4.78 is 1.76. The summed E-state index contributed by atoms with van der Waals surface area (Å²) in [5.41, 5.74) is 3.12. The van der Waals surface area contributed by atoms with Gasteiger partial charge in [-0.05, 0) is 26.0 Å². The first-order valence-electron chi connectivity index (χ1n) is 6.36. The highest BCUT2D eigenvalue weighted by molar-refractivity contribution is 7.11. The van der Waals surface area contributed by atoms with Crippen LogP contribution in [0.5, 0.6) is 0 Å². The first kappa shape index (κ1) is 12.8. The first-order chi connectivity index (χ1) is 9.74. The number of para-hydroxylation sites is 2. The molecule has 0 atom stereocenters. The van der Waals surface area contributed by atoms with Crippen molar-refractivity contribution in [3.8, 4) is 5.69 Å².